The Kier molecular flexibility index (Phi) is 3.92. The summed E-state index contributed by atoms with van der Waals surface area (Å²) in [6.45, 7) is 1.86. The lowest BCUT2D eigenvalue weighted by molar-refractivity contribution is -0.125. The monoisotopic (exact) mass is 287 g/mol. The van der Waals surface area contributed by atoms with Crippen molar-refractivity contribution in [1.29, 1.82) is 0 Å². The highest BCUT2D eigenvalue weighted by molar-refractivity contribution is 5.83. The van der Waals surface area contributed by atoms with E-state index < -0.39 is 6.10 Å². The Balaban J connectivity index is 1.75. The van der Waals surface area contributed by atoms with Gasteiger partial charge in [-0.1, -0.05) is 25.0 Å². The van der Waals surface area contributed by atoms with E-state index >= 15 is 0 Å². The highest BCUT2D eigenvalue weighted by Crippen LogP contribution is 2.21. The smallest absolute Gasteiger partial charge is 0.243 e. The predicted octanol–water partition coefficient (Wildman–Crippen LogP) is 2.02. The van der Waals surface area contributed by atoms with Gasteiger partial charge in [0.2, 0.25) is 5.91 Å². The van der Waals surface area contributed by atoms with Crippen molar-refractivity contribution in [2.45, 2.75) is 50.8 Å². The van der Waals surface area contributed by atoms with Gasteiger partial charge in [-0.05, 0) is 31.9 Å². The molecule has 0 saturated heterocycles. The van der Waals surface area contributed by atoms with Gasteiger partial charge in [0.1, 0.15) is 6.04 Å². The van der Waals surface area contributed by atoms with Gasteiger partial charge < -0.3 is 15.0 Å². The molecule has 5 nitrogen and oxygen atoms in total. The van der Waals surface area contributed by atoms with E-state index in [1.54, 1.807) is 6.33 Å². The number of aliphatic hydroxyl groups excluding tert-OH is 1. The maximum absolute atomic E-state index is 12.4. The van der Waals surface area contributed by atoms with Crippen LogP contribution in [-0.4, -0.2) is 32.7 Å². The summed E-state index contributed by atoms with van der Waals surface area (Å²) < 4.78 is 1.87. The molecule has 1 fully saturated rings. The third-order valence-corrected chi connectivity index (χ3v) is 4.33. The minimum atomic E-state index is -0.422. The molecule has 1 unspecified atom stereocenters. The third kappa shape index (κ3) is 2.78. The fraction of sp³-hybridized carbons (Fsp3) is 0.500. The molecule has 0 aliphatic heterocycles. The van der Waals surface area contributed by atoms with Crippen LogP contribution in [0.25, 0.3) is 11.0 Å². The molecule has 3 rings (SSSR count). The van der Waals surface area contributed by atoms with Crippen molar-refractivity contribution < 1.29 is 9.90 Å². The molecule has 1 aromatic heterocycles. The van der Waals surface area contributed by atoms with E-state index in [2.05, 4.69) is 10.3 Å². The summed E-state index contributed by atoms with van der Waals surface area (Å²) in [5, 5.41) is 13.0. The third-order valence-electron chi connectivity index (χ3n) is 4.33. The van der Waals surface area contributed by atoms with Crippen molar-refractivity contribution in [3.63, 3.8) is 0 Å². The quantitative estimate of drug-likeness (QED) is 0.907. The normalized spacial score (nSPS) is 23.9. The number of benzene rings is 1. The summed E-state index contributed by atoms with van der Waals surface area (Å²) in [7, 11) is 0. The molecular weight excluding hydrogens is 266 g/mol. The van der Waals surface area contributed by atoms with Gasteiger partial charge in [-0.2, -0.15) is 0 Å². The van der Waals surface area contributed by atoms with Gasteiger partial charge in [0.05, 0.1) is 29.5 Å². The first-order chi connectivity index (χ1) is 10.2. The van der Waals surface area contributed by atoms with Gasteiger partial charge in [-0.15, -0.1) is 0 Å². The maximum Gasteiger partial charge on any atom is 0.243 e. The molecule has 0 bridgehead atoms. The van der Waals surface area contributed by atoms with Crippen LogP contribution in [0, 0.1) is 0 Å². The minimum absolute atomic E-state index is 0.0656. The molecule has 1 aliphatic rings. The summed E-state index contributed by atoms with van der Waals surface area (Å²) in [5.74, 6) is -0.0656. The molecule has 2 aromatic rings. The first kappa shape index (κ1) is 14.1. The number of imidazole rings is 1. The molecule has 1 aromatic carbocycles. The first-order valence-corrected chi connectivity index (χ1v) is 7.57. The van der Waals surface area contributed by atoms with E-state index in [9.17, 15) is 9.90 Å². The van der Waals surface area contributed by atoms with Crippen LogP contribution < -0.4 is 5.32 Å². The lowest BCUT2D eigenvalue weighted by Gasteiger charge is -2.29. The number of aliphatic hydroxyl groups is 1. The first-order valence-electron chi connectivity index (χ1n) is 7.57. The largest absolute Gasteiger partial charge is 0.391 e. The number of aromatic nitrogens is 2. The molecular formula is C16H21N3O2. The van der Waals surface area contributed by atoms with Crippen LogP contribution in [0.1, 0.15) is 38.6 Å². The molecule has 3 atom stereocenters. The number of amides is 1. The molecule has 0 radical (unpaired) electrons. The summed E-state index contributed by atoms with van der Waals surface area (Å²) in [4.78, 5) is 16.7. The molecule has 21 heavy (non-hydrogen) atoms. The zero-order valence-corrected chi connectivity index (χ0v) is 12.2. The maximum atomic E-state index is 12.4. The summed E-state index contributed by atoms with van der Waals surface area (Å²) in [6, 6.07) is 7.30. The Labute approximate surface area is 124 Å². The average molecular weight is 287 g/mol. The Morgan fingerprint density at radius 1 is 1.38 bits per heavy atom. The van der Waals surface area contributed by atoms with E-state index in [4.69, 9.17) is 0 Å². The number of fused-ring (bicyclic) bond motifs is 1. The Morgan fingerprint density at radius 3 is 2.95 bits per heavy atom. The molecule has 1 saturated carbocycles. The Bertz CT molecular complexity index is 637. The number of carbonyl (C=O) groups excluding carboxylic acids is 1. The second-order valence-electron chi connectivity index (χ2n) is 5.78. The molecule has 0 spiro atoms. The fourth-order valence-corrected chi connectivity index (χ4v) is 3.00. The van der Waals surface area contributed by atoms with Gasteiger partial charge in [0.15, 0.2) is 0 Å². The van der Waals surface area contributed by atoms with E-state index in [0.717, 1.165) is 36.7 Å². The van der Waals surface area contributed by atoms with E-state index in [1.165, 1.54) is 0 Å². The molecule has 1 amide bonds. The number of hydrogen-bond acceptors (Lipinski definition) is 3. The molecule has 2 N–H and O–H groups in total. The van der Waals surface area contributed by atoms with Crippen molar-refractivity contribution >= 4 is 16.9 Å². The number of nitrogens with zero attached hydrogens (tertiary/aromatic N) is 2. The Hall–Kier alpha value is -1.88. The summed E-state index contributed by atoms with van der Waals surface area (Å²) in [6.07, 6.45) is 5.00. The van der Waals surface area contributed by atoms with Crippen LogP contribution in [0.15, 0.2) is 30.6 Å². The van der Waals surface area contributed by atoms with Crippen LogP contribution in [0.2, 0.25) is 0 Å². The van der Waals surface area contributed by atoms with E-state index in [1.807, 2.05) is 35.8 Å². The topological polar surface area (TPSA) is 67.2 Å². The SMILES string of the molecule is CC(C(=O)N[C@@H]1CCCC[C@H]1O)n1cnc2ccccc21. The highest BCUT2D eigenvalue weighted by atomic mass is 16.3. The minimum Gasteiger partial charge on any atom is -0.391 e. The van der Waals surface area contributed by atoms with Crippen molar-refractivity contribution in [3.05, 3.63) is 30.6 Å². The number of rotatable bonds is 3. The predicted molar refractivity (Wildman–Crippen MR) is 80.8 cm³/mol. The lowest BCUT2D eigenvalue weighted by Crippen LogP contribution is -2.47. The standard InChI is InChI=1S/C16H21N3O2/c1-11(16(21)18-13-7-3-5-9-15(13)20)19-10-17-12-6-2-4-8-14(12)19/h2,4,6,8,10-11,13,15,20H,3,5,7,9H2,1H3,(H,18,21)/t11?,13-,15-/m1/s1. The van der Waals surface area contributed by atoms with E-state index in [0.29, 0.717) is 0 Å². The average Bonchev–Trinajstić information content (AvgIpc) is 2.92. The zero-order chi connectivity index (χ0) is 14.8. The van der Waals surface area contributed by atoms with Crippen molar-refractivity contribution in [3.8, 4) is 0 Å². The van der Waals surface area contributed by atoms with Gasteiger partial charge in [0.25, 0.3) is 0 Å². The number of carbonyl (C=O) groups is 1. The molecule has 1 aliphatic carbocycles. The summed E-state index contributed by atoms with van der Waals surface area (Å²) in [5.41, 5.74) is 1.83. The van der Waals surface area contributed by atoms with Crippen LogP contribution in [0.5, 0.6) is 0 Å². The second-order valence-corrected chi connectivity index (χ2v) is 5.78. The van der Waals surface area contributed by atoms with Gasteiger partial charge >= 0.3 is 0 Å². The Morgan fingerprint density at radius 2 is 2.14 bits per heavy atom. The number of para-hydroxylation sites is 2. The van der Waals surface area contributed by atoms with E-state index in [-0.39, 0.29) is 18.0 Å². The second kappa shape index (κ2) is 5.85. The van der Waals surface area contributed by atoms with Gasteiger partial charge in [0, 0.05) is 0 Å². The molecule has 112 valence electrons. The summed E-state index contributed by atoms with van der Waals surface area (Å²) >= 11 is 0. The number of hydrogen-bond donors (Lipinski definition) is 2. The van der Waals surface area contributed by atoms with Gasteiger partial charge in [-0.25, -0.2) is 4.98 Å². The zero-order valence-electron chi connectivity index (χ0n) is 12.2. The highest BCUT2D eigenvalue weighted by Gasteiger charge is 2.27. The van der Waals surface area contributed by atoms with Crippen LogP contribution in [0.4, 0.5) is 0 Å². The van der Waals surface area contributed by atoms with Crippen molar-refractivity contribution in [1.82, 2.24) is 14.9 Å². The van der Waals surface area contributed by atoms with Crippen LogP contribution in [0.3, 0.4) is 0 Å². The molecule has 1 heterocycles. The van der Waals surface area contributed by atoms with Crippen molar-refractivity contribution in [2.75, 3.05) is 0 Å². The lowest BCUT2D eigenvalue weighted by atomic mass is 9.92. The molecule has 5 heteroatoms. The van der Waals surface area contributed by atoms with Crippen molar-refractivity contribution in [2.24, 2.45) is 0 Å². The van der Waals surface area contributed by atoms with Crippen LogP contribution in [-0.2, 0) is 4.79 Å². The number of nitrogens with one attached hydrogen (secondary N) is 1. The fourth-order valence-electron chi connectivity index (χ4n) is 3.00. The van der Waals surface area contributed by atoms with Crippen LogP contribution >= 0.6 is 0 Å². The van der Waals surface area contributed by atoms with Gasteiger partial charge in [-0.3, -0.25) is 4.79 Å².